The Morgan fingerprint density at radius 3 is 2.66 bits per heavy atom. The molecule has 29 heavy (non-hydrogen) atoms. The molecule has 1 aromatic carbocycles. The van der Waals surface area contributed by atoms with E-state index in [2.05, 4.69) is 19.9 Å². The standard InChI is InChI=1S/C23H35NO4S/c1-4-15-13-19-16(14-21(15)28-29(24,25)26)9-10-18-17(19)11-12-23(3)20(18)7-6-8-22(23)27-5-2/h13-14,17-18,20,22H,4-12H2,1-3H3,(H2,24,25,26)/t17?,18?,20?,22-,23-/m0/s1. The smallest absolute Gasteiger partial charge is 0.378 e. The molecule has 2 fully saturated rings. The molecular weight excluding hydrogens is 386 g/mol. The second-order valence-corrected chi connectivity index (χ2v) is 10.6. The van der Waals surface area contributed by atoms with E-state index in [1.54, 1.807) is 0 Å². The first-order valence-electron chi connectivity index (χ1n) is 11.3. The van der Waals surface area contributed by atoms with Crippen LogP contribution in [0.5, 0.6) is 5.75 Å². The van der Waals surface area contributed by atoms with Gasteiger partial charge in [-0.2, -0.15) is 13.6 Å². The van der Waals surface area contributed by atoms with Gasteiger partial charge in [0.25, 0.3) is 0 Å². The summed E-state index contributed by atoms with van der Waals surface area (Å²) in [6.07, 6.45) is 9.43. The Hall–Kier alpha value is -1.11. The molecule has 6 heteroatoms. The molecule has 5 nitrogen and oxygen atoms in total. The van der Waals surface area contributed by atoms with Gasteiger partial charge >= 0.3 is 10.3 Å². The molecule has 4 rings (SSSR count). The Morgan fingerprint density at radius 1 is 1.17 bits per heavy atom. The molecule has 0 radical (unpaired) electrons. The third kappa shape index (κ3) is 3.84. The normalized spacial score (nSPS) is 34.1. The molecule has 0 bridgehead atoms. The average molecular weight is 422 g/mol. The Bertz CT molecular complexity index is 866. The fourth-order valence-corrected chi connectivity index (χ4v) is 7.15. The van der Waals surface area contributed by atoms with E-state index in [-0.39, 0.29) is 5.41 Å². The lowest BCUT2D eigenvalue weighted by Crippen LogP contribution is -2.51. The van der Waals surface area contributed by atoms with Gasteiger partial charge in [-0.15, -0.1) is 0 Å². The third-order valence-electron chi connectivity index (χ3n) is 8.02. The average Bonchev–Trinajstić information content (AvgIpc) is 2.66. The quantitative estimate of drug-likeness (QED) is 0.760. The van der Waals surface area contributed by atoms with Crippen LogP contribution in [0.4, 0.5) is 0 Å². The zero-order valence-electron chi connectivity index (χ0n) is 17.9. The number of hydrogen-bond donors (Lipinski definition) is 1. The van der Waals surface area contributed by atoms with Gasteiger partial charge in [0.2, 0.25) is 0 Å². The molecular formula is C23H35NO4S. The van der Waals surface area contributed by atoms with Crippen molar-refractivity contribution in [1.82, 2.24) is 0 Å². The minimum atomic E-state index is -4.01. The first kappa shape index (κ1) is 21.1. The maximum atomic E-state index is 11.5. The molecule has 0 heterocycles. The van der Waals surface area contributed by atoms with Crippen molar-refractivity contribution in [2.45, 2.75) is 84.2 Å². The van der Waals surface area contributed by atoms with Crippen molar-refractivity contribution in [3.63, 3.8) is 0 Å². The molecule has 3 aliphatic rings. The van der Waals surface area contributed by atoms with Gasteiger partial charge in [0.15, 0.2) is 0 Å². The maximum Gasteiger partial charge on any atom is 0.380 e. The second kappa shape index (κ2) is 7.86. The largest absolute Gasteiger partial charge is 0.380 e. The minimum Gasteiger partial charge on any atom is -0.378 e. The molecule has 0 aromatic heterocycles. The number of fused-ring (bicyclic) bond motifs is 5. The van der Waals surface area contributed by atoms with Crippen molar-refractivity contribution < 1.29 is 17.3 Å². The summed E-state index contributed by atoms with van der Waals surface area (Å²) in [6, 6.07) is 4.14. The fraction of sp³-hybridized carbons (Fsp3) is 0.739. The lowest BCUT2D eigenvalue weighted by atomic mass is 9.50. The molecule has 0 spiro atoms. The van der Waals surface area contributed by atoms with E-state index in [0.717, 1.165) is 31.4 Å². The predicted octanol–water partition coefficient (Wildman–Crippen LogP) is 4.48. The summed E-state index contributed by atoms with van der Waals surface area (Å²) in [6.45, 7) is 7.42. The molecule has 3 unspecified atom stereocenters. The van der Waals surface area contributed by atoms with Gasteiger partial charge in [-0.3, -0.25) is 0 Å². The van der Waals surface area contributed by atoms with Crippen molar-refractivity contribution >= 4 is 10.3 Å². The summed E-state index contributed by atoms with van der Waals surface area (Å²) in [5.74, 6) is 2.37. The minimum absolute atomic E-state index is 0.289. The number of benzene rings is 1. The first-order valence-corrected chi connectivity index (χ1v) is 12.7. The topological polar surface area (TPSA) is 78.6 Å². The molecule has 3 aliphatic carbocycles. The van der Waals surface area contributed by atoms with Gasteiger partial charge in [-0.1, -0.05) is 26.3 Å². The van der Waals surface area contributed by atoms with Crippen LogP contribution < -0.4 is 9.32 Å². The van der Waals surface area contributed by atoms with E-state index in [1.165, 1.54) is 43.2 Å². The van der Waals surface area contributed by atoms with Crippen LogP contribution in [0.25, 0.3) is 0 Å². The molecule has 1 aromatic rings. The van der Waals surface area contributed by atoms with Crippen molar-refractivity contribution in [3.8, 4) is 5.75 Å². The van der Waals surface area contributed by atoms with Crippen molar-refractivity contribution in [1.29, 1.82) is 0 Å². The lowest BCUT2D eigenvalue weighted by molar-refractivity contribution is -0.126. The number of ether oxygens (including phenoxy) is 1. The summed E-state index contributed by atoms with van der Waals surface area (Å²) in [7, 11) is -4.01. The number of hydrogen-bond acceptors (Lipinski definition) is 4. The van der Waals surface area contributed by atoms with E-state index < -0.39 is 10.3 Å². The Morgan fingerprint density at radius 2 is 1.97 bits per heavy atom. The molecule has 162 valence electrons. The van der Waals surface area contributed by atoms with Crippen LogP contribution in [0.15, 0.2) is 12.1 Å². The van der Waals surface area contributed by atoms with Gasteiger partial charge in [-0.05, 0) is 97.8 Å². The van der Waals surface area contributed by atoms with Crippen molar-refractivity contribution in [2.24, 2.45) is 22.4 Å². The van der Waals surface area contributed by atoms with E-state index >= 15 is 0 Å². The molecule has 0 saturated heterocycles. The highest BCUT2D eigenvalue weighted by molar-refractivity contribution is 7.84. The fourth-order valence-electron chi connectivity index (χ4n) is 6.74. The first-order chi connectivity index (χ1) is 13.8. The predicted molar refractivity (Wildman–Crippen MR) is 114 cm³/mol. The van der Waals surface area contributed by atoms with Crippen LogP contribution in [0.2, 0.25) is 0 Å². The highest BCUT2D eigenvalue weighted by atomic mass is 32.2. The summed E-state index contributed by atoms with van der Waals surface area (Å²) >= 11 is 0. The molecule has 2 N–H and O–H groups in total. The monoisotopic (exact) mass is 421 g/mol. The number of aryl methyl sites for hydroxylation is 2. The van der Waals surface area contributed by atoms with E-state index in [0.29, 0.717) is 29.6 Å². The highest BCUT2D eigenvalue weighted by Gasteiger charge is 2.53. The third-order valence-corrected chi connectivity index (χ3v) is 8.43. The molecule has 2 saturated carbocycles. The lowest BCUT2D eigenvalue weighted by Gasteiger charge is -2.57. The molecule has 5 atom stereocenters. The van der Waals surface area contributed by atoms with Gasteiger partial charge in [0.05, 0.1) is 6.10 Å². The molecule has 0 aliphatic heterocycles. The van der Waals surface area contributed by atoms with Gasteiger partial charge in [0, 0.05) is 6.61 Å². The SMILES string of the molecule is CCO[C@H]1CCCC2C3CCc4cc(OS(N)(=O)=O)c(CC)cc4C3CC[C@@]21C. The Labute approximate surface area is 175 Å². The van der Waals surface area contributed by atoms with Crippen LogP contribution in [0.3, 0.4) is 0 Å². The zero-order chi connectivity index (χ0) is 20.8. The zero-order valence-corrected chi connectivity index (χ0v) is 18.8. The summed E-state index contributed by atoms with van der Waals surface area (Å²) in [4.78, 5) is 0. The van der Waals surface area contributed by atoms with E-state index in [9.17, 15) is 8.42 Å². The van der Waals surface area contributed by atoms with Gasteiger partial charge in [-0.25, -0.2) is 0 Å². The number of nitrogens with two attached hydrogens (primary N) is 1. The van der Waals surface area contributed by atoms with Crippen LogP contribution in [-0.2, 0) is 27.9 Å². The summed E-state index contributed by atoms with van der Waals surface area (Å²) < 4.78 is 34.3. The Balaban J connectivity index is 1.67. The van der Waals surface area contributed by atoms with Gasteiger partial charge in [0.1, 0.15) is 5.75 Å². The Kier molecular flexibility index (Phi) is 5.73. The highest BCUT2D eigenvalue weighted by Crippen LogP contribution is 2.60. The van der Waals surface area contributed by atoms with E-state index in [1.807, 2.05) is 13.0 Å². The maximum absolute atomic E-state index is 11.5. The number of rotatable bonds is 5. The van der Waals surface area contributed by atoms with Crippen LogP contribution in [-0.4, -0.2) is 21.1 Å². The van der Waals surface area contributed by atoms with Crippen molar-refractivity contribution in [2.75, 3.05) is 6.61 Å². The summed E-state index contributed by atoms with van der Waals surface area (Å²) in [5.41, 5.74) is 3.88. The molecule has 0 amide bonds. The van der Waals surface area contributed by atoms with Crippen LogP contribution >= 0.6 is 0 Å². The van der Waals surface area contributed by atoms with Crippen LogP contribution in [0, 0.1) is 17.3 Å². The summed E-state index contributed by atoms with van der Waals surface area (Å²) in [5, 5.41) is 5.14. The van der Waals surface area contributed by atoms with Crippen molar-refractivity contribution in [3.05, 3.63) is 28.8 Å². The van der Waals surface area contributed by atoms with Crippen LogP contribution in [0.1, 0.15) is 81.9 Å². The second-order valence-electron chi connectivity index (χ2n) is 9.42. The van der Waals surface area contributed by atoms with Gasteiger partial charge < -0.3 is 8.92 Å². The van der Waals surface area contributed by atoms with E-state index in [4.69, 9.17) is 14.1 Å².